The maximum absolute atomic E-state index is 4.50. The largest absolute Gasteiger partial charge is 0.352 e. The fourth-order valence-electron chi connectivity index (χ4n) is 3.72. The molecule has 1 unspecified atom stereocenters. The van der Waals surface area contributed by atoms with Crippen LogP contribution in [0.1, 0.15) is 25.8 Å². The van der Waals surface area contributed by atoms with Crippen molar-refractivity contribution in [3.8, 4) is 5.69 Å². The molecule has 1 aromatic carbocycles. The number of likely N-dealkylation sites (tertiary alicyclic amines) is 1. The number of nitrogens with one attached hydrogen (secondary N) is 1. The van der Waals surface area contributed by atoms with Gasteiger partial charge >= 0.3 is 0 Å². The minimum Gasteiger partial charge on any atom is -0.352 e. The number of rotatable bonds is 6. The summed E-state index contributed by atoms with van der Waals surface area (Å²) in [5.41, 5.74) is 2.30. The Morgan fingerprint density at radius 1 is 1.30 bits per heavy atom. The summed E-state index contributed by atoms with van der Waals surface area (Å²) in [6.45, 7) is 9.58. The Kier molecular flexibility index (Phi) is 8.56. The van der Waals surface area contributed by atoms with E-state index in [1.165, 1.54) is 12.0 Å². The highest BCUT2D eigenvalue weighted by Crippen LogP contribution is 2.16. The molecule has 0 radical (unpaired) electrons. The Morgan fingerprint density at radius 3 is 2.78 bits per heavy atom. The van der Waals surface area contributed by atoms with E-state index in [-0.39, 0.29) is 24.0 Å². The van der Waals surface area contributed by atoms with Crippen molar-refractivity contribution < 1.29 is 0 Å². The first-order valence-electron chi connectivity index (χ1n) is 9.53. The first-order chi connectivity index (χ1) is 12.7. The summed E-state index contributed by atoms with van der Waals surface area (Å²) >= 11 is 0. The number of hydrogen-bond donors (Lipinski definition) is 1. The first-order valence-corrected chi connectivity index (χ1v) is 9.53. The van der Waals surface area contributed by atoms with Gasteiger partial charge in [-0.1, -0.05) is 26.0 Å². The zero-order chi connectivity index (χ0) is 18.4. The average molecular weight is 482 g/mol. The fraction of sp³-hybridized carbons (Fsp3) is 0.500. The molecule has 6 nitrogen and oxygen atoms in total. The minimum absolute atomic E-state index is 0. The predicted molar refractivity (Wildman–Crippen MR) is 122 cm³/mol. The highest BCUT2D eigenvalue weighted by Gasteiger charge is 2.27. The van der Waals surface area contributed by atoms with Crippen LogP contribution in [0.2, 0.25) is 0 Å². The summed E-state index contributed by atoms with van der Waals surface area (Å²) in [4.78, 5) is 9.42. The van der Waals surface area contributed by atoms with Crippen LogP contribution in [-0.4, -0.2) is 64.8 Å². The van der Waals surface area contributed by atoms with Gasteiger partial charge in [-0.05, 0) is 43.3 Å². The fourth-order valence-corrected chi connectivity index (χ4v) is 3.72. The molecule has 7 heteroatoms. The van der Waals surface area contributed by atoms with E-state index in [0.29, 0.717) is 6.04 Å². The van der Waals surface area contributed by atoms with E-state index in [2.05, 4.69) is 63.3 Å². The van der Waals surface area contributed by atoms with Crippen LogP contribution in [0.25, 0.3) is 5.69 Å². The number of likely N-dealkylation sites (N-methyl/N-ethyl adjacent to an activating group) is 1. The van der Waals surface area contributed by atoms with Gasteiger partial charge in [0.05, 0.1) is 5.69 Å². The molecule has 0 bridgehead atoms. The van der Waals surface area contributed by atoms with Crippen molar-refractivity contribution in [3.05, 3.63) is 48.3 Å². The van der Waals surface area contributed by atoms with E-state index >= 15 is 0 Å². The molecule has 1 aliphatic rings. The number of benzene rings is 1. The molecule has 2 heterocycles. The molecule has 0 amide bonds. The summed E-state index contributed by atoms with van der Waals surface area (Å²) in [5.74, 6) is 0.990. The quantitative estimate of drug-likeness (QED) is 0.391. The Bertz CT molecular complexity index is 711. The van der Waals surface area contributed by atoms with Gasteiger partial charge in [0.25, 0.3) is 0 Å². The topological polar surface area (TPSA) is 48.7 Å². The molecular weight excluding hydrogens is 451 g/mol. The third-order valence-electron chi connectivity index (χ3n) is 5.13. The van der Waals surface area contributed by atoms with Gasteiger partial charge in [0.1, 0.15) is 0 Å². The van der Waals surface area contributed by atoms with Gasteiger partial charge in [0, 0.05) is 45.1 Å². The van der Waals surface area contributed by atoms with Crippen LogP contribution >= 0.6 is 24.0 Å². The zero-order valence-electron chi connectivity index (χ0n) is 16.5. The van der Waals surface area contributed by atoms with Gasteiger partial charge in [-0.2, -0.15) is 5.10 Å². The standard InChI is InChI=1S/C20H30N6.HI/c1-4-24(5-2)19-10-13-25(16-19)20(21-3)22-15-17-8-6-9-18(14-17)26-12-7-11-23-26;/h6-9,11-12,14,19H,4-5,10,13,15-16H2,1-3H3,(H,21,22);1H. The number of nitrogens with zero attached hydrogens (tertiary/aromatic N) is 5. The maximum Gasteiger partial charge on any atom is 0.193 e. The number of guanidine groups is 1. The monoisotopic (exact) mass is 482 g/mol. The van der Waals surface area contributed by atoms with Crippen molar-refractivity contribution in [1.82, 2.24) is 24.9 Å². The van der Waals surface area contributed by atoms with Gasteiger partial charge in [0.2, 0.25) is 0 Å². The Hall–Kier alpha value is -1.61. The summed E-state index contributed by atoms with van der Waals surface area (Å²) in [6, 6.07) is 11.0. The molecular formula is C20H31IN6. The van der Waals surface area contributed by atoms with Crippen LogP contribution in [-0.2, 0) is 6.54 Å². The van der Waals surface area contributed by atoms with Crippen LogP contribution in [0.4, 0.5) is 0 Å². The van der Waals surface area contributed by atoms with Gasteiger partial charge in [-0.15, -0.1) is 24.0 Å². The number of aromatic nitrogens is 2. The summed E-state index contributed by atoms with van der Waals surface area (Å²) in [6.07, 6.45) is 4.96. The molecule has 1 aliphatic heterocycles. The number of hydrogen-bond acceptors (Lipinski definition) is 3. The smallest absolute Gasteiger partial charge is 0.193 e. The van der Waals surface area contributed by atoms with Crippen molar-refractivity contribution in [2.75, 3.05) is 33.2 Å². The van der Waals surface area contributed by atoms with Crippen LogP contribution in [0, 0.1) is 0 Å². The Labute approximate surface area is 179 Å². The third kappa shape index (κ3) is 5.44. The highest BCUT2D eigenvalue weighted by molar-refractivity contribution is 14.0. The highest BCUT2D eigenvalue weighted by atomic mass is 127. The summed E-state index contributed by atoms with van der Waals surface area (Å²) in [5, 5.41) is 7.83. The van der Waals surface area contributed by atoms with E-state index in [1.54, 1.807) is 6.20 Å². The Morgan fingerprint density at radius 2 is 2.11 bits per heavy atom. The normalized spacial score (nSPS) is 17.3. The lowest BCUT2D eigenvalue weighted by molar-refractivity contribution is 0.223. The molecule has 1 saturated heterocycles. The average Bonchev–Trinajstić information content (AvgIpc) is 3.36. The van der Waals surface area contributed by atoms with E-state index in [1.807, 2.05) is 24.0 Å². The zero-order valence-corrected chi connectivity index (χ0v) is 18.8. The molecule has 1 atom stereocenters. The van der Waals surface area contributed by atoms with Gasteiger partial charge < -0.3 is 10.2 Å². The molecule has 3 rings (SSSR count). The molecule has 0 aliphatic carbocycles. The third-order valence-corrected chi connectivity index (χ3v) is 5.13. The summed E-state index contributed by atoms with van der Waals surface area (Å²) in [7, 11) is 1.87. The first kappa shape index (κ1) is 21.7. The van der Waals surface area contributed by atoms with Gasteiger partial charge in [-0.25, -0.2) is 4.68 Å². The molecule has 148 valence electrons. The van der Waals surface area contributed by atoms with E-state index in [4.69, 9.17) is 0 Å². The van der Waals surface area contributed by atoms with Crippen molar-refractivity contribution in [1.29, 1.82) is 0 Å². The SMILES string of the molecule is CCN(CC)C1CCN(C(=NC)NCc2cccc(-n3cccn3)c2)C1.I. The lowest BCUT2D eigenvalue weighted by Crippen LogP contribution is -2.43. The second kappa shape index (κ2) is 10.7. The van der Waals surface area contributed by atoms with Crippen LogP contribution in [0.3, 0.4) is 0 Å². The molecule has 0 saturated carbocycles. The van der Waals surface area contributed by atoms with Crippen molar-refractivity contribution in [2.45, 2.75) is 32.9 Å². The maximum atomic E-state index is 4.50. The van der Waals surface area contributed by atoms with Crippen LogP contribution in [0.15, 0.2) is 47.7 Å². The molecule has 0 spiro atoms. The Balaban J connectivity index is 0.00000261. The van der Waals surface area contributed by atoms with Gasteiger partial charge in [-0.3, -0.25) is 9.89 Å². The van der Waals surface area contributed by atoms with E-state index in [9.17, 15) is 0 Å². The lowest BCUT2D eigenvalue weighted by atomic mass is 10.2. The molecule has 1 N–H and O–H groups in total. The van der Waals surface area contributed by atoms with Gasteiger partial charge in [0.15, 0.2) is 5.96 Å². The second-order valence-corrected chi connectivity index (χ2v) is 6.63. The number of aliphatic imine (C=N–C) groups is 1. The van der Waals surface area contributed by atoms with Crippen LogP contribution in [0.5, 0.6) is 0 Å². The predicted octanol–water partition coefficient (Wildman–Crippen LogP) is 2.98. The van der Waals surface area contributed by atoms with Crippen LogP contribution < -0.4 is 5.32 Å². The van der Waals surface area contributed by atoms with Crippen molar-refractivity contribution >= 4 is 29.9 Å². The van der Waals surface area contributed by atoms with Crippen molar-refractivity contribution in [2.24, 2.45) is 4.99 Å². The van der Waals surface area contributed by atoms with E-state index in [0.717, 1.165) is 44.4 Å². The van der Waals surface area contributed by atoms with Crippen molar-refractivity contribution in [3.63, 3.8) is 0 Å². The molecule has 2 aromatic rings. The minimum atomic E-state index is 0. The number of halogens is 1. The van der Waals surface area contributed by atoms with E-state index < -0.39 is 0 Å². The summed E-state index contributed by atoms with van der Waals surface area (Å²) < 4.78 is 1.88. The lowest BCUT2D eigenvalue weighted by Gasteiger charge is -2.27. The molecule has 27 heavy (non-hydrogen) atoms. The molecule has 1 aromatic heterocycles. The molecule has 1 fully saturated rings. The second-order valence-electron chi connectivity index (χ2n) is 6.63.